The van der Waals surface area contributed by atoms with E-state index in [4.69, 9.17) is 26.3 Å². The van der Waals surface area contributed by atoms with Crippen molar-refractivity contribution in [2.45, 2.75) is 76.4 Å². The third kappa shape index (κ3) is 5.65. The molecule has 6 nitrogen and oxygen atoms in total. The number of fused-ring (bicyclic) bond motifs is 3. The summed E-state index contributed by atoms with van der Waals surface area (Å²) in [4.78, 5) is 17.6. The van der Waals surface area contributed by atoms with Gasteiger partial charge in [-0.25, -0.2) is 0 Å². The van der Waals surface area contributed by atoms with Crippen LogP contribution < -0.4 is 14.5 Å². The lowest BCUT2D eigenvalue weighted by Crippen LogP contribution is -2.44. The minimum atomic E-state index is 0.186. The summed E-state index contributed by atoms with van der Waals surface area (Å²) in [7, 11) is 2.21. The molecule has 1 saturated carbocycles. The topological polar surface area (TPSA) is 44.7 Å². The van der Waals surface area contributed by atoms with Gasteiger partial charge in [0.1, 0.15) is 12.4 Å². The summed E-state index contributed by atoms with van der Waals surface area (Å²) in [6.45, 7) is 6.68. The zero-order valence-corrected chi connectivity index (χ0v) is 26.0. The number of thiol groups is 1. The fourth-order valence-corrected chi connectivity index (χ4v) is 7.38. The van der Waals surface area contributed by atoms with Crippen molar-refractivity contribution in [2.75, 3.05) is 43.1 Å². The normalized spacial score (nSPS) is 20.0. The standard InChI is InChI=1S/C30H36ClN5O.C3H6S/c1-34(22-9-4-10-22)28-23-13-18-35(26-12-3-8-21-7-2-11-24(31)27(21)26)19-25(23)32-29(33-28)37-20-30-14-5-16-36(30)17-6-15-30;1-2-3-4/h2-3,7-8,11-12,22H,4-6,9-10,13-20H2,1H3;2-4H,1H3/b;3-2+. The van der Waals surface area contributed by atoms with Crippen LogP contribution in [0.1, 0.15) is 63.1 Å². The van der Waals surface area contributed by atoms with Gasteiger partial charge in [0.2, 0.25) is 0 Å². The Kier molecular flexibility index (Phi) is 8.66. The molecule has 0 amide bonds. The number of allylic oxidation sites excluding steroid dienone is 1. The molecule has 41 heavy (non-hydrogen) atoms. The Labute approximate surface area is 255 Å². The van der Waals surface area contributed by atoms with Crippen LogP contribution in [-0.2, 0) is 13.0 Å². The van der Waals surface area contributed by atoms with Gasteiger partial charge in [0, 0.05) is 36.3 Å². The Hall–Kier alpha value is -2.48. The van der Waals surface area contributed by atoms with Crippen molar-refractivity contribution in [3.05, 3.63) is 64.2 Å². The third-order valence-electron chi connectivity index (χ3n) is 9.58. The van der Waals surface area contributed by atoms with Crippen LogP contribution in [0.5, 0.6) is 6.01 Å². The van der Waals surface area contributed by atoms with Crippen molar-refractivity contribution in [2.24, 2.45) is 0 Å². The summed E-state index contributed by atoms with van der Waals surface area (Å²) in [5.74, 6) is 1.08. The average molecular weight is 592 g/mol. The first-order valence-electron chi connectivity index (χ1n) is 15.2. The van der Waals surface area contributed by atoms with Crippen molar-refractivity contribution in [1.82, 2.24) is 14.9 Å². The number of ether oxygens (including phenoxy) is 1. The number of nitrogens with zero attached hydrogens (tertiary/aromatic N) is 5. The summed E-state index contributed by atoms with van der Waals surface area (Å²) in [6.07, 6.45) is 11.6. The van der Waals surface area contributed by atoms with Crippen LogP contribution in [-0.4, -0.2) is 59.7 Å². The maximum Gasteiger partial charge on any atom is 0.318 e. The van der Waals surface area contributed by atoms with Crippen LogP contribution in [0.2, 0.25) is 5.02 Å². The van der Waals surface area contributed by atoms with E-state index in [0.29, 0.717) is 18.7 Å². The van der Waals surface area contributed by atoms with Crippen molar-refractivity contribution in [3.63, 3.8) is 0 Å². The molecule has 0 unspecified atom stereocenters. The first kappa shape index (κ1) is 28.6. The molecule has 2 aromatic carbocycles. The smallest absolute Gasteiger partial charge is 0.318 e. The predicted molar refractivity (Wildman–Crippen MR) is 174 cm³/mol. The van der Waals surface area contributed by atoms with Gasteiger partial charge in [0.05, 0.1) is 22.8 Å². The van der Waals surface area contributed by atoms with Gasteiger partial charge in [-0.15, -0.1) is 0 Å². The minimum Gasteiger partial charge on any atom is -0.461 e. The summed E-state index contributed by atoms with van der Waals surface area (Å²) in [6, 6.07) is 13.7. The first-order valence-corrected chi connectivity index (χ1v) is 16.1. The number of aromatic nitrogens is 2. The zero-order valence-electron chi connectivity index (χ0n) is 24.4. The van der Waals surface area contributed by atoms with Crippen LogP contribution in [0, 0.1) is 0 Å². The summed E-state index contributed by atoms with van der Waals surface area (Å²) < 4.78 is 6.48. The zero-order chi connectivity index (χ0) is 28.4. The summed E-state index contributed by atoms with van der Waals surface area (Å²) in [5, 5.41) is 4.78. The number of halogens is 1. The fourth-order valence-electron chi connectivity index (χ4n) is 7.10. The van der Waals surface area contributed by atoms with Gasteiger partial charge in [-0.05, 0) is 94.3 Å². The van der Waals surface area contributed by atoms with Gasteiger partial charge in [0.15, 0.2) is 0 Å². The molecule has 1 aromatic heterocycles. The lowest BCUT2D eigenvalue weighted by atomic mass is 9.91. The highest BCUT2D eigenvalue weighted by molar-refractivity contribution is 7.83. The largest absolute Gasteiger partial charge is 0.461 e. The molecule has 3 aliphatic heterocycles. The molecular formula is C33H42ClN5OS. The lowest BCUT2D eigenvalue weighted by Gasteiger charge is -2.39. The van der Waals surface area contributed by atoms with Crippen LogP contribution in [0.4, 0.5) is 11.5 Å². The highest BCUT2D eigenvalue weighted by atomic mass is 35.5. The van der Waals surface area contributed by atoms with E-state index >= 15 is 0 Å². The Bertz CT molecular complexity index is 1390. The molecular weight excluding hydrogens is 550 g/mol. The van der Waals surface area contributed by atoms with E-state index in [0.717, 1.165) is 41.4 Å². The van der Waals surface area contributed by atoms with E-state index in [1.165, 1.54) is 74.7 Å². The molecule has 0 bridgehead atoms. The molecule has 2 saturated heterocycles. The van der Waals surface area contributed by atoms with Gasteiger partial charge in [-0.2, -0.15) is 22.6 Å². The Balaban J connectivity index is 0.000000712. The molecule has 7 rings (SSSR count). The SMILES string of the molecule is C/C=C/S.CN(c1nc(OCC23CCCN2CCC3)nc2c1CCN(c1cccc3cccc(Cl)c13)C2)C1CCC1. The molecule has 8 heteroatoms. The van der Waals surface area contributed by atoms with Crippen molar-refractivity contribution < 1.29 is 4.74 Å². The van der Waals surface area contributed by atoms with E-state index < -0.39 is 0 Å². The summed E-state index contributed by atoms with van der Waals surface area (Å²) in [5.41, 5.74) is 3.74. The molecule has 0 spiro atoms. The van der Waals surface area contributed by atoms with Crippen LogP contribution >= 0.6 is 24.2 Å². The highest BCUT2D eigenvalue weighted by Gasteiger charge is 2.45. The maximum absolute atomic E-state index is 6.70. The lowest BCUT2D eigenvalue weighted by molar-refractivity contribution is 0.107. The second kappa shape index (κ2) is 12.4. The second-order valence-electron chi connectivity index (χ2n) is 11.9. The predicted octanol–water partition coefficient (Wildman–Crippen LogP) is 7.29. The van der Waals surface area contributed by atoms with Crippen LogP contribution in [0.3, 0.4) is 0 Å². The minimum absolute atomic E-state index is 0.186. The van der Waals surface area contributed by atoms with Gasteiger partial charge >= 0.3 is 6.01 Å². The average Bonchev–Trinajstić information content (AvgIpc) is 3.55. The molecule has 0 N–H and O–H groups in total. The van der Waals surface area contributed by atoms with Crippen LogP contribution in [0.15, 0.2) is 47.9 Å². The highest BCUT2D eigenvalue weighted by Crippen LogP contribution is 2.40. The number of rotatable bonds is 6. The van der Waals surface area contributed by atoms with Gasteiger partial charge in [-0.3, -0.25) is 4.90 Å². The van der Waals surface area contributed by atoms with Crippen molar-refractivity contribution in [3.8, 4) is 6.01 Å². The molecule has 218 valence electrons. The number of hydrogen-bond donors (Lipinski definition) is 1. The number of hydrogen-bond acceptors (Lipinski definition) is 7. The third-order valence-corrected chi connectivity index (χ3v) is 10.2. The second-order valence-corrected chi connectivity index (χ2v) is 12.6. The monoisotopic (exact) mass is 591 g/mol. The Morgan fingerprint density at radius 1 is 1.07 bits per heavy atom. The molecule has 4 heterocycles. The molecule has 4 aliphatic rings. The van der Waals surface area contributed by atoms with Crippen molar-refractivity contribution >= 4 is 46.5 Å². The fraction of sp³-hybridized carbons (Fsp3) is 0.515. The van der Waals surface area contributed by atoms with E-state index in [1.807, 2.05) is 25.1 Å². The maximum atomic E-state index is 6.70. The van der Waals surface area contributed by atoms with Crippen LogP contribution in [0.25, 0.3) is 10.8 Å². The molecule has 1 aliphatic carbocycles. The summed E-state index contributed by atoms with van der Waals surface area (Å²) >= 11 is 10.4. The molecule has 0 radical (unpaired) electrons. The van der Waals surface area contributed by atoms with Gasteiger partial charge < -0.3 is 14.5 Å². The molecule has 3 fully saturated rings. The molecule has 3 aromatic rings. The van der Waals surface area contributed by atoms with Gasteiger partial charge in [-0.1, -0.05) is 41.9 Å². The van der Waals surface area contributed by atoms with Gasteiger partial charge in [0.25, 0.3) is 0 Å². The quantitative estimate of drug-likeness (QED) is 0.304. The van der Waals surface area contributed by atoms with E-state index in [2.05, 4.69) is 58.6 Å². The van der Waals surface area contributed by atoms with E-state index in [1.54, 1.807) is 5.41 Å². The first-order chi connectivity index (χ1) is 20.0. The Morgan fingerprint density at radius 2 is 1.80 bits per heavy atom. The number of anilines is 2. The van der Waals surface area contributed by atoms with E-state index in [9.17, 15) is 0 Å². The van der Waals surface area contributed by atoms with E-state index in [-0.39, 0.29) is 5.54 Å². The molecule has 0 atom stereocenters. The van der Waals surface area contributed by atoms with Crippen molar-refractivity contribution in [1.29, 1.82) is 0 Å². The Morgan fingerprint density at radius 3 is 2.49 bits per heavy atom. The number of benzene rings is 2.